The van der Waals surface area contributed by atoms with Crippen molar-refractivity contribution in [1.29, 1.82) is 0 Å². The topological polar surface area (TPSA) is 64.3 Å². The highest BCUT2D eigenvalue weighted by Gasteiger charge is 2.08. The maximum Gasteiger partial charge on any atom is 0.222 e. The molecule has 1 aromatic rings. The van der Waals surface area contributed by atoms with E-state index in [9.17, 15) is 4.79 Å². The molecule has 0 unspecified atom stereocenters. The number of nitrogens with one attached hydrogen (secondary N) is 1. The number of benzene rings is 1. The summed E-state index contributed by atoms with van der Waals surface area (Å²) in [6, 6.07) is 5.37. The number of methoxy groups -OCH3 is 1. The number of ether oxygens (including phenoxy) is 1. The van der Waals surface area contributed by atoms with Crippen LogP contribution in [0.2, 0.25) is 0 Å². The van der Waals surface area contributed by atoms with Gasteiger partial charge in [-0.2, -0.15) is 0 Å². The summed E-state index contributed by atoms with van der Waals surface area (Å²) in [5, 5.41) is 2.83. The molecule has 3 N–H and O–H groups in total. The minimum atomic E-state index is -0.0212. The number of nitrogens with two attached hydrogens (primary N) is 1. The fraction of sp³-hybridized carbons (Fsp3) is 0.417. The van der Waals surface area contributed by atoms with Crippen molar-refractivity contribution in [1.82, 2.24) is 5.32 Å². The van der Waals surface area contributed by atoms with Crippen molar-refractivity contribution in [3.05, 3.63) is 23.8 Å². The highest BCUT2D eigenvalue weighted by molar-refractivity contribution is 5.77. The molecule has 0 aliphatic rings. The molecular formula is C12H18N2O2. The minimum absolute atomic E-state index is 0.0180. The third-order valence-corrected chi connectivity index (χ3v) is 2.28. The van der Waals surface area contributed by atoms with Crippen LogP contribution in [0.15, 0.2) is 18.2 Å². The van der Waals surface area contributed by atoms with E-state index in [-0.39, 0.29) is 11.8 Å². The molecule has 0 aromatic heterocycles. The normalized spacial score (nSPS) is 10.2. The maximum absolute atomic E-state index is 11.4. The number of amides is 1. The predicted molar refractivity (Wildman–Crippen MR) is 64.1 cm³/mol. The Labute approximate surface area is 95.8 Å². The van der Waals surface area contributed by atoms with Crippen molar-refractivity contribution >= 4 is 11.6 Å². The van der Waals surface area contributed by atoms with Crippen LogP contribution in [0.25, 0.3) is 0 Å². The first-order valence-electron chi connectivity index (χ1n) is 5.24. The number of rotatable bonds is 4. The van der Waals surface area contributed by atoms with Gasteiger partial charge in [-0.15, -0.1) is 0 Å². The average Bonchev–Trinajstić information content (AvgIpc) is 2.25. The first kappa shape index (κ1) is 12.4. The zero-order valence-corrected chi connectivity index (χ0v) is 9.91. The molecule has 0 saturated carbocycles. The lowest BCUT2D eigenvalue weighted by Crippen LogP contribution is -2.27. The lowest BCUT2D eigenvalue weighted by molar-refractivity contribution is -0.124. The van der Waals surface area contributed by atoms with E-state index in [1.165, 1.54) is 0 Å². The van der Waals surface area contributed by atoms with E-state index < -0.39 is 0 Å². The molecule has 88 valence electrons. The van der Waals surface area contributed by atoms with Crippen LogP contribution in [-0.2, 0) is 11.3 Å². The molecule has 1 amide bonds. The van der Waals surface area contributed by atoms with Gasteiger partial charge in [0.05, 0.1) is 7.11 Å². The smallest absolute Gasteiger partial charge is 0.222 e. The van der Waals surface area contributed by atoms with Crippen LogP contribution >= 0.6 is 0 Å². The molecule has 0 saturated heterocycles. The van der Waals surface area contributed by atoms with Gasteiger partial charge in [-0.25, -0.2) is 0 Å². The Morgan fingerprint density at radius 2 is 2.19 bits per heavy atom. The van der Waals surface area contributed by atoms with Crippen molar-refractivity contribution in [2.45, 2.75) is 20.4 Å². The summed E-state index contributed by atoms with van der Waals surface area (Å²) in [5.41, 5.74) is 7.23. The number of carbonyl (C=O) groups excluding carboxylic acids is 1. The van der Waals surface area contributed by atoms with E-state index in [0.717, 1.165) is 11.3 Å². The van der Waals surface area contributed by atoms with E-state index in [0.29, 0.717) is 12.2 Å². The fourth-order valence-corrected chi connectivity index (χ4v) is 1.32. The summed E-state index contributed by atoms with van der Waals surface area (Å²) in [6.07, 6.45) is 0. The average molecular weight is 222 g/mol. The van der Waals surface area contributed by atoms with Gasteiger partial charge in [-0.3, -0.25) is 4.79 Å². The van der Waals surface area contributed by atoms with Crippen LogP contribution in [-0.4, -0.2) is 13.0 Å². The van der Waals surface area contributed by atoms with Gasteiger partial charge in [0.25, 0.3) is 0 Å². The summed E-state index contributed by atoms with van der Waals surface area (Å²) in [6.45, 7) is 4.14. The molecular weight excluding hydrogens is 204 g/mol. The summed E-state index contributed by atoms with van der Waals surface area (Å²) in [4.78, 5) is 11.4. The second-order valence-electron chi connectivity index (χ2n) is 3.94. The van der Waals surface area contributed by atoms with Crippen LogP contribution < -0.4 is 15.8 Å². The number of hydrogen-bond donors (Lipinski definition) is 2. The molecule has 4 nitrogen and oxygen atoms in total. The Balaban J connectivity index is 2.72. The second-order valence-corrected chi connectivity index (χ2v) is 3.94. The van der Waals surface area contributed by atoms with E-state index in [4.69, 9.17) is 10.5 Å². The Morgan fingerprint density at radius 3 is 2.75 bits per heavy atom. The standard InChI is InChI=1S/C12H18N2O2/c1-8(2)12(15)14-7-9-6-10(13)4-5-11(9)16-3/h4-6,8H,7,13H2,1-3H3,(H,14,15). The summed E-state index contributed by atoms with van der Waals surface area (Å²) in [7, 11) is 1.60. The van der Waals surface area contributed by atoms with Crippen LogP contribution in [0.1, 0.15) is 19.4 Å². The SMILES string of the molecule is COc1ccc(N)cc1CNC(=O)C(C)C. The third kappa shape index (κ3) is 3.15. The Kier molecular flexibility index (Phi) is 4.17. The van der Waals surface area contributed by atoms with Gasteiger partial charge < -0.3 is 15.8 Å². The van der Waals surface area contributed by atoms with Gasteiger partial charge in [0.1, 0.15) is 5.75 Å². The first-order chi connectivity index (χ1) is 7.54. The number of hydrogen-bond acceptors (Lipinski definition) is 3. The van der Waals surface area contributed by atoms with Gasteiger partial charge in [0.15, 0.2) is 0 Å². The summed E-state index contributed by atoms with van der Waals surface area (Å²) < 4.78 is 5.19. The van der Waals surface area contributed by atoms with Crippen molar-refractivity contribution in [2.24, 2.45) is 5.92 Å². The summed E-state index contributed by atoms with van der Waals surface area (Å²) >= 11 is 0. The minimum Gasteiger partial charge on any atom is -0.496 e. The second kappa shape index (κ2) is 5.39. The number of anilines is 1. The highest BCUT2D eigenvalue weighted by atomic mass is 16.5. The van der Waals surface area contributed by atoms with Gasteiger partial charge in [0.2, 0.25) is 5.91 Å². The number of nitrogen functional groups attached to an aromatic ring is 1. The highest BCUT2D eigenvalue weighted by Crippen LogP contribution is 2.20. The quantitative estimate of drug-likeness (QED) is 0.760. The molecule has 1 rings (SSSR count). The largest absolute Gasteiger partial charge is 0.496 e. The van der Waals surface area contributed by atoms with Gasteiger partial charge in [-0.1, -0.05) is 13.8 Å². The molecule has 0 fully saturated rings. The first-order valence-corrected chi connectivity index (χ1v) is 5.24. The van der Waals surface area contributed by atoms with Crippen LogP contribution in [0.4, 0.5) is 5.69 Å². The van der Waals surface area contributed by atoms with Crippen molar-refractivity contribution < 1.29 is 9.53 Å². The lowest BCUT2D eigenvalue weighted by Gasteiger charge is -2.11. The molecule has 16 heavy (non-hydrogen) atoms. The van der Waals surface area contributed by atoms with E-state index >= 15 is 0 Å². The molecule has 0 aliphatic carbocycles. The summed E-state index contributed by atoms with van der Waals surface area (Å²) in [5.74, 6) is 0.731. The number of carbonyl (C=O) groups is 1. The molecule has 0 spiro atoms. The molecule has 0 atom stereocenters. The lowest BCUT2D eigenvalue weighted by atomic mass is 10.1. The van der Waals surface area contributed by atoms with Crippen LogP contribution in [0.5, 0.6) is 5.75 Å². The molecule has 0 bridgehead atoms. The van der Waals surface area contributed by atoms with Gasteiger partial charge >= 0.3 is 0 Å². The third-order valence-electron chi connectivity index (χ3n) is 2.28. The zero-order valence-electron chi connectivity index (χ0n) is 9.91. The monoisotopic (exact) mass is 222 g/mol. The molecule has 0 heterocycles. The van der Waals surface area contributed by atoms with Crippen molar-refractivity contribution in [3.63, 3.8) is 0 Å². The fourth-order valence-electron chi connectivity index (χ4n) is 1.32. The van der Waals surface area contributed by atoms with Gasteiger partial charge in [-0.05, 0) is 18.2 Å². The Hall–Kier alpha value is -1.71. The van der Waals surface area contributed by atoms with E-state index in [1.807, 2.05) is 13.8 Å². The maximum atomic E-state index is 11.4. The van der Waals surface area contributed by atoms with Crippen LogP contribution in [0.3, 0.4) is 0 Å². The molecule has 4 heteroatoms. The molecule has 0 aliphatic heterocycles. The van der Waals surface area contributed by atoms with Crippen LogP contribution in [0, 0.1) is 5.92 Å². The van der Waals surface area contributed by atoms with Crippen molar-refractivity contribution in [2.75, 3.05) is 12.8 Å². The predicted octanol–water partition coefficient (Wildman–Crippen LogP) is 1.55. The van der Waals surface area contributed by atoms with E-state index in [1.54, 1.807) is 25.3 Å². The van der Waals surface area contributed by atoms with Gasteiger partial charge in [0, 0.05) is 23.7 Å². The van der Waals surface area contributed by atoms with Crippen molar-refractivity contribution in [3.8, 4) is 5.75 Å². The Morgan fingerprint density at radius 1 is 1.50 bits per heavy atom. The zero-order chi connectivity index (χ0) is 12.1. The Bertz CT molecular complexity index is 375. The molecule has 0 radical (unpaired) electrons. The molecule has 1 aromatic carbocycles. The van der Waals surface area contributed by atoms with E-state index in [2.05, 4.69) is 5.32 Å².